The molecule has 0 bridgehead atoms. The van der Waals surface area contributed by atoms with Crippen molar-refractivity contribution in [3.05, 3.63) is 12.2 Å². The lowest BCUT2D eigenvalue weighted by Gasteiger charge is -2.30. The highest BCUT2D eigenvalue weighted by atomic mass is 16.5. The Bertz CT molecular complexity index is 516. The summed E-state index contributed by atoms with van der Waals surface area (Å²) in [5, 5.41) is 0. The van der Waals surface area contributed by atoms with Gasteiger partial charge in [-0.2, -0.15) is 0 Å². The number of methoxy groups -OCH3 is 1. The van der Waals surface area contributed by atoms with E-state index in [9.17, 15) is 24.0 Å². The predicted octanol–water partition coefficient (Wildman–Crippen LogP) is 3.79. The van der Waals surface area contributed by atoms with Crippen LogP contribution in [0.25, 0.3) is 0 Å². The summed E-state index contributed by atoms with van der Waals surface area (Å²) < 4.78 is 4.77. The predicted molar refractivity (Wildman–Crippen MR) is 119 cm³/mol. The van der Waals surface area contributed by atoms with Crippen LogP contribution in [0.5, 0.6) is 0 Å². The van der Waals surface area contributed by atoms with Gasteiger partial charge in [0.2, 0.25) is 5.91 Å². The third-order valence-corrected chi connectivity index (χ3v) is 4.16. The molecule has 0 aliphatic heterocycles. The molecule has 174 valence electrons. The van der Waals surface area contributed by atoms with E-state index in [2.05, 4.69) is 0 Å². The van der Waals surface area contributed by atoms with Crippen molar-refractivity contribution in [1.29, 1.82) is 0 Å². The second-order valence-corrected chi connectivity index (χ2v) is 6.37. The van der Waals surface area contributed by atoms with E-state index < -0.39 is 0 Å². The number of Topliss-reactive ketones (excluding diaryl/α,β-unsaturated/α-hetero) is 1. The van der Waals surface area contributed by atoms with Crippen molar-refractivity contribution >= 4 is 30.2 Å². The van der Waals surface area contributed by atoms with Gasteiger partial charge in [-0.1, -0.05) is 34.1 Å². The largest absolute Gasteiger partial charge is 0.469 e. The van der Waals surface area contributed by atoms with E-state index in [4.69, 9.17) is 4.74 Å². The fourth-order valence-electron chi connectivity index (χ4n) is 2.83. The lowest BCUT2D eigenvalue weighted by Crippen LogP contribution is -2.34. The number of rotatable bonds is 8. The Balaban J connectivity index is -0.000000556. The fourth-order valence-corrected chi connectivity index (χ4v) is 2.83. The quantitative estimate of drug-likeness (QED) is 0.332. The summed E-state index contributed by atoms with van der Waals surface area (Å²) in [5.74, 6) is 0.00752. The number of ketones is 1. The molecule has 7 nitrogen and oxygen atoms in total. The molecule has 0 spiro atoms. The molecule has 0 saturated heterocycles. The van der Waals surface area contributed by atoms with Crippen LogP contribution in [0.1, 0.15) is 73.1 Å². The highest BCUT2D eigenvalue weighted by Gasteiger charge is 2.28. The van der Waals surface area contributed by atoms with Crippen molar-refractivity contribution in [2.24, 2.45) is 11.8 Å². The first-order valence-corrected chi connectivity index (χ1v) is 10.7. The number of hydrogen-bond acceptors (Lipinski definition) is 6. The third kappa shape index (κ3) is 17.8. The van der Waals surface area contributed by atoms with E-state index >= 15 is 0 Å². The minimum absolute atomic E-state index is 0.0437. The number of carbonyl (C=O) groups is 5. The van der Waals surface area contributed by atoms with Gasteiger partial charge < -0.3 is 19.2 Å². The van der Waals surface area contributed by atoms with E-state index in [1.165, 1.54) is 26.2 Å². The van der Waals surface area contributed by atoms with Gasteiger partial charge in [-0.3, -0.25) is 14.4 Å². The number of hydrogen-bond donors (Lipinski definition) is 0. The first-order chi connectivity index (χ1) is 14.3. The van der Waals surface area contributed by atoms with E-state index in [1.807, 2.05) is 27.7 Å². The molecule has 7 heteroatoms. The summed E-state index contributed by atoms with van der Waals surface area (Å²) in [6, 6.07) is 0. The number of allylic oxidation sites excluding steroid dienone is 1. The SMILES string of the molecule is CC.CC.CC(=O)CCC=O.COC(=O)C1CCCC(CN(C)C(=O)/C=C\C=O)C1. The average Bonchev–Trinajstić information content (AvgIpc) is 2.78. The van der Waals surface area contributed by atoms with Crippen LogP contribution in [-0.2, 0) is 28.7 Å². The first-order valence-electron chi connectivity index (χ1n) is 10.7. The fraction of sp³-hybridized carbons (Fsp3) is 0.696. The molecule has 2 unspecified atom stereocenters. The zero-order valence-corrected chi connectivity index (χ0v) is 19.8. The number of ether oxygens (including phenoxy) is 1. The van der Waals surface area contributed by atoms with Gasteiger partial charge >= 0.3 is 5.97 Å². The van der Waals surface area contributed by atoms with Crippen LogP contribution in [0, 0.1) is 11.8 Å². The van der Waals surface area contributed by atoms with Crippen molar-refractivity contribution in [2.45, 2.75) is 73.1 Å². The smallest absolute Gasteiger partial charge is 0.308 e. The molecule has 1 aliphatic rings. The van der Waals surface area contributed by atoms with Gasteiger partial charge in [0.25, 0.3) is 0 Å². The zero-order chi connectivity index (χ0) is 23.9. The van der Waals surface area contributed by atoms with Crippen molar-refractivity contribution in [3.63, 3.8) is 0 Å². The van der Waals surface area contributed by atoms with Crippen LogP contribution in [0.2, 0.25) is 0 Å². The summed E-state index contributed by atoms with van der Waals surface area (Å²) in [7, 11) is 3.12. The summed E-state index contributed by atoms with van der Waals surface area (Å²) in [6.07, 6.45) is 8.18. The summed E-state index contributed by atoms with van der Waals surface area (Å²) in [6.45, 7) is 10.1. The summed E-state index contributed by atoms with van der Waals surface area (Å²) >= 11 is 0. The van der Waals surface area contributed by atoms with Crippen LogP contribution in [0.4, 0.5) is 0 Å². The van der Waals surface area contributed by atoms with Crippen LogP contribution < -0.4 is 0 Å². The number of carbonyl (C=O) groups excluding carboxylic acids is 5. The van der Waals surface area contributed by atoms with E-state index in [0.29, 0.717) is 31.6 Å². The normalized spacial score (nSPS) is 16.9. The maximum Gasteiger partial charge on any atom is 0.308 e. The Morgan fingerprint density at radius 2 is 1.67 bits per heavy atom. The van der Waals surface area contributed by atoms with Crippen LogP contribution in [-0.4, -0.2) is 55.8 Å². The lowest BCUT2D eigenvalue weighted by molar-refractivity contribution is -0.147. The molecule has 0 aromatic heterocycles. The summed E-state index contributed by atoms with van der Waals surface area (Å²) in [4.78, 5) is 54.5. The van der Waals surface area contributed by atoms with Gasteiger partial charge in [0.15, 0.2) is 0 Å². The molecule has 0 N–H and O–H groups in total. The Labute approximate surface area is 182 Å². The molecule has 0 heterocycles. The van der Waals surface area contributed by atoms with Gasteiger partial charge in [0.05, 0.1) is 13.0 Å². The molecular weight excluding hydrogens is 386 g/mol. The van der Waals surface area contributed by atoms with Crippen molar-refractivity contribution < 1.29 is 28.7 Å². The molecule has 1 fully saturated rings. The van der Waals surface area contributed by atoms with Crippen molar-refractivity contribution in [3.8, 4) is 0 Å². The third-order valence-electron chi connectivity index (χ3n) is 4.16. The number of aldehydes is 2. The molecule has 1 aliphatic carbocycles. The van der Waals surface area contributed by atoms with Gasteiger partial charge in [-0.25, -0.2) is 0 Å². The van der Waals surface area contributed by atoms with Gasteiger partial charge in [0.1, 0.15) is 18.4 Å². The molecule has 0 radical (unpaired) electrons. The number of nitrogens with zero attached hydrogens (tertiary/aromatic N) is 1. The second-order valence-electron chi connectivity index (χ2n) is 6.37. The highest BCUT2D eigenvalue weighted by Crippen LogP contribution is 2.30. The molecule has 2 atom stereocenters. The first kappa shape index (κ1) is 32.4. The maximum atomic E-state index is 11.6. The van der Waals surface area contributed by atoms with Gasteiger partial charge in [0, 0.05) is 32.5 Å². The standard InChI is InChI=1S/C14H21NO4.C5H8O2.2C2H6/c1-15(13(17)7-4-8-16)10-11-5-3-6-12(9-11)14(18)19-2;1-5(7)3-2-4-6;2*1-2/h4,7-8,11-12H,3,5-6,9-10H2,1-2H3;4H,2-3H2,1H3;2*1-2H3/b7-4-;;;. The highest BCUT2D eigenvalue weighted by molar-refractivity contribution is 5.90. The van der Waals surface area contributed by atoms with Crippen LogP contribution in [0.15, 0.2) is 12.2 Å². The second kappa shape index (κ2) is 23.0. The number of amides is 1. The Kier molecular flexibility index (Phi) is 24.8. The van der Waals surface area contributed by atoms with E-state index in [1.54, 1.807) is 11.9 Å². The lowest BCUT2D eigenvalue weighted by atomic mass is 9.81. The number of esters is 1. The monoisotopic (exact) mass is 427 g/mol. The Morgan fingerprint density at radius 3 is 2.10 bits per heavy atom. The summed E-state index contributed by atoms with van der Waals surface area (Å²) in [5.41, 5.74) is 0. The molecule has 1 saturated carbocycles. The van der Waals surface area contributed by atoms with Crippen molar-refractivity contribution in [1.82, 2.24) is 4.90 Å². The maximum absolute atomic E-state index is 11.6. The minimum Gasteiger partial charge on any atom is -0.469 e. The minimum atomic E-state index is -0.188. The molecule has 1 rings (SSSR count). The topological polar surface area (TPSA) is 97.8 Å². The Morgan fingerprint density at radius 1 is 1.07 bits per heavy atom. The van der Waals surface area contributed by atoms with E-state index in [0.717, 1.165) is 32.0 Å². The van der Waals surface area contributed by atoms with Gasteiger partial charge in [-0.05, 0) is 38.2 Å². The van der Waals surface area contributed by atoms with E-state index in [-0.39, 0.29) is 23.6 Å². The number of likely N-dealkylation sites (N-methyl/N-ethyl adjacent to an activating group) is 1. The molecule has 1 amide bonds. The zero-order valence-electron chi connectivity index (χ0n) is 19.8. The van der Waals surface area contributed by atoms with Gasteiger partial charge in [-0.15, -0.1) is 0 Å². The average molecular weight is 428 g/mol. The molecule has 30 heavy (non-hydrogen) atoms. The Hall–Kier alpha value is -2.31. The van der Waals surface area contributed by atoms with Crippen molar-refractivity contribution in [2.75, 3.05) is 20.7 Å². The molecular formula is C23H41NO6. The molecule has 0 aromatic rings. The van der Waals surface area contributed by atoms with Crippen LogP contribution >= 0.6 is 0 Å². The van der Waals surface area contributed by atoms with Crippen LogP contribution in [0.3, 0.4) is 0 Å². The molecule has 0 aromatic carbocycles.